The van der Waals surface area contributed by atoms with E-state index < -0.39 is 5.60 Å². The fraction of sp³-hybridized carbons (Fsp3) is 0.525. The number of rotatable bonds is 3. The number of para-hydroxylation sites is 1. The summed E-state index contributed by atoms with van der Waals surface area (Å²) in [7, 11) is 0. The summed E-state index contributed by atoms with van der Waals surface area (Å²) in [5, 5.41) is 2.04. The van der Waals surface area contributed by atoms with Gasteiger partial charge >= 0.3 is 11.9 Å². The van der Waals surface area contributed by atoms with Gasteiger partial charge in [0.25, 0.3) is 0 Å². The maximum Gasteiger partial charge on any atom is 0.308 e. The Kier molecular flexibility index (Phi) is 8.28. The van der Waals surface area contributed by atoms with Crippen molar-refractivity contribution in [3.63, 3.8) is 0 Å². The number of aromatic amines is 1. The van der Waals surface area contributed by atoms with Crippen LogP contribution in [-0.4, -0.2) is 75.6 Å². The Labute approximate surface area is 283 Å². The number of ether oxygens (including phenoxy) is 2. The molecule has 252 valence electrons. The van der Waals surface area contributed by atoms with Crippen LogP contribution in [0.15, 0.2) is 60.8 Å². The molecule has 2 saturated heterocycles. The van der Waals surface area contributed by atoms with Gasteiger partial charge in [-0.15, -0.1) is 0 Å². The Morgan fingerprint density at radius 3 is 2.58 bits per heavy atom. The highest BCUT2D eigenvalue weighted by molar-refractivity contribution is 6.11. The second-order valence-electron chi connectivity index (χ2n) is 14.8. The number of allylic oxidation sites excluding steroid dienone is 4. The van der Waals surface area contributed by atoms with Crippen LogP contribution in [-0.2, 0) is 14.3 Å². The summed E-state index contributed by atoms with van der Waals surface area (Å²) in [5.41, 5.74) is 2.92. The van der Waals surface area contributed by atoms with E-state index in [0.717, 1.165) is 98.6 Å². The Balaban J connectivity index is 1.38. The predicted molar refractivity (Wildman–Crippen MR) is 188 cm³/mol. The number of hydrogen-bond acceptors (Lipinski definition) is 7. The number of benzene rings is 1. The second-order valence-corrected chi connectivity index (χ2v) is 14.8. The molecule has 5 aliphatic rings. The third kappa shape index (κ3) is 5.32. The number of pyridine rings is 1. The lowest BCUT2D eigenvalue weighted by atomic mass is 9.54. The van der Waals surface area contributed by atoms with Crippen LogP contribution in [0.4, 0.5) is 0 Å². The average Bonchev–Trinajstić information content (AvgIpc) is 3.57. The standard InChI is InChI=1S/C40H48N4O4/c1-27(45)47-34-16-13-15-30-31-17-20-41-36(37(31)42-35(30)34)32-25-40(48-28(2)46)19-10-6-3-4-7-11-21-43-23-18-33(32)39(26-43)24-29-14-9-5-8-12-22-44(29)38(39)40/h3,6,9,13-17,20,25,29,33,38,42H,4-5,7-8,10-12,18-19,21-24,26H2,1-2H3/t29-,33-,38+,39-,40-/m1/s1. The van der Waals surface area contributed by atoms with Crippen LogP contribution in [0.3, 0.4) is 0 Å². The van der Waals surface area contributed by atoms with Crippen molar-refractivity contribution in [2.45, 2.75) is 95.7 Å². The Morgan fingerprint density at radius 1 is 0.917 bits per heavy atom. The zero-order chi connectivity index (χ0) is 32.9. The third-order valence-corrected chi connectivity index (χ3v) is 11.8. The topological polar surface area (TPSA) is 87.8 Å². The predicted octanol–water partition coefficient (Wildman–Crippen LogP) is 7.35. The van der Waals surface area contributed by atoms with Crippen LogP contribution < -0.4 is 4.74 Å². The van der Waals surface area contributed by atoms with Gasteiger partial charge in [-0.1, -0.05) is 36.4 Å². The van der Waals surface area contributed by atoms with Crippen LogP contribution in [0.1, 0.15) is 83.7 Å². The molecule has 0 radical (unpaired) electrons. The largest absolute Gasteiger partial charge is 0.453 e. The SMILES string of the molecule is CC(=O)Oc1cccc2c1[nH]c1c(C3=C[C@]4(OC(C)=O)CCC=CCCCCN5CC[C@H]3[C@@]3(C[C@H]6C=CCCCCN6[C@@H]34)C5)nccc12. The van der Waals surface area contributed by atoms with Gasteiger partial charge in [0.15, 0.2) is 5.75 Å². The minimum Gasteiger partial charge on any atom is -0.453 e. The molecule has 0 saturated carbocycles. The van der Waals surface area contributed by atoms with Gasteiger partial charge in [0.05, 0.1) is 22.8 Å². The van der Waals surface area contributed by atoms with Gasteiger partial charge in [-0.25, -0.2) is 0 Å². The molecule has 1 unspecified atom stereocenters. The molecule has 6 atom stereocenters. The zero-order valence-corrected chi connectivity index (χ0v) is 28.4. The number of aromatic nitrogens is 2. The molecule has 2 aromatic heterocycles. The van der Waals surface area contributed by atoms with Crippen molar-refractivity contribution in [1.29, 1.82) is 0 Å². The van der Waals surface area contributed by atoms with Crippen LogP contribution in [0, 0.1) is 11.3 Å². The van der Waals surface area contributed by atoms with Gasteiger partial charge in [-0.2, -0.15) is 0 Å². The monoisotopic (exact) mass is 648 g/mol. The third-order valence-electron chi connectivity index (χ3n) is 11.8. The molecule has 3 aromatic rings. The summed E-state index contributed by atoms with van der Waals surface area (Å²) in [4.78, 5) is 39.6. The maximum absolute atomic E-state index is 13.3. The van der Waals surface area contributed by atoms with Crippen LogP contribution in [0.2, 0.25) is 0 Å². The average molecular weight is 649 g/mol. The van der Waals surface area contributed by atoms with Gasteiger partial charge in [0.1, 0.15) is 5.60 Å². The van der Waals surface area contributed by atoms with Gasteiger partial charge in [0.2, 0.25) is 0 Å². The summed E-state index contributed by atoms with van der Waals surface area (Å²) in [6, 6.07) is 8.27. The van der Waals surface area contributed by atoms with Gasteiger partial charge in [0, 0.05) is 48.8 Å². The van der Waals surface area contributed by atoms with Gasteiger partial charge in [-0.3, -0.25) is 19.5 Å². The molecule has 1 spiro atoms. The highest BCUT2D eigenvalue weighted by Crippen LogP contribution is 2.62. The first-order valence-electron chi connectivity index (χ1n) is 18.2. The van der Waals surface area contributed by atoms with Crippen molar-refractivity contribution in [1.82, 2.24) is 19.8 Å². The van der Waals surface area contributed by atoms with Crippen molar-refractivity contribution < 1.29 is 19.1 Å². The first kappa shape index (κ1) is 31.5. The number of nitrogens with one attached hydrogen (secondary N) is 1. The molecule has 8 rings (SSSR count). The number of fused-ring (bicyclic) bond motifs is 5. The molecule has 3 bridgehead atoms. The Hall–Kier alpha value is -3.75. The molecule has 1 aromatic carbocycles. The highest BCUT2D eigenvalue weighted by Gasteiger charge is 2.67. The molecule has 48 heavy (non-hydrogen) atoms. The maximum atomic E-state index is 13.3. The molecular formula is C40H48N4O4. The summed E-state index contributed by atoms with van der Waals surface area (Å²) in [6.45, 7) is 7.18. The molecule has 8 heteroatoms. The van der Waals surface area contributed by atoms with E-state index >= 15 is 0 Å². The summed E-state index contributed by atoms with van der Waals surface area (Å²) in [6.07, 6.45) is 24.4. The number of nitrogens with zero attached hydrogens (tertiary/aromatic N) is 3. The smallest absolute Gasteiger partial charge is 0.308 e. The summed E-state index contributed by atoms with van der Waals surface area (Å²) < 4.78 is 12.4. The van der Waals surface area contributed by atoms with E-state index in [9.17, 15) is 9.59 Å². The number of carbonyl (C=O) groups is 2. The van der Waals surface area contributed by atoms with Crippen LogP contribution in [0.25, 0.3) is 27.4 Å². The Bertz CT molecular complexity index is 1820. The fourth-order valence-corrected chi connectivity index (χ4v) is 10.2. The molecule has 8 nitrogen and oxygen atoms in total. The van der Waals surface area contributed by atoms with E-state index in [1.807, 2.05) is 24.4 Å². The second kappa shape index (κ2) is 12.6. The molecule has 6 heterocycles. The quantitative estimate of drug-likeness (QED) is 0.181. The van der Waals surface area contributed by atoms with Crippen molar-refractivity contribution in [3.8, 4) is 5.75 Å². The molecule has 4 aliphatic heterocycles. The van der Waals surface area contributed by atoms with Crippen LogP contribution in [0.5, 0.6) is 5.75 Å². The lowest BCUT2D eigenvalue weighted by Gasteiger charge is -2.58. The first-order chi connectivity index (χ1) is 23.4. The fourth-order valence-electron chi connectivity index (χ4n) is 10.2. The van der Waals surface area contributed by atoms with Crippen molar-refractivity contribution >= 4 is 39.3 Å². The summed E-state index contributed by atoms with van der Waals surface area (Å²) >= 11 is 0. The lowest BCUT2D eigenvalue weighted by molar-refractivity contribution is -0.168. The summed E-state index contributed by atoms with van der Waals surface area (Å²) in [5.74, 6) is 0.191. The normalized spacial score (nSPS) is 32.2. The Morgan fingerprint density at radius 2 is 1.73 bits per heavy atom. The number of piperidine rings is 1. The van der Waals surface area contributed by atoms with Crippen molar-refractivity contribution in [3.05, 3.63) is 66.5 Å². The first-order valence-corrected chi connectivity index (χ1v) is 18.2. The molecule has 1 aliphatic carbocycles. The minimum absolute atomic E-state index is 0.0739. The molecule has 2 fully saturated rings. The number of H-pyrrole nitrogens is 1. The lowest BCUT2D eigenvalue weighted by Crippen LogP contribution is -2.66. The number of esters is 2. The van der Waals surface area contributed by atoms with E-state index in [4.69, 9.17) is 14.5 Å². The number of carbonyl (C=O) groups excluding carboxylic acids is 2. The minimum atomic E-state index is -0.806. The van der Waals surface area contributed by atoms with Crippen molar-refractivity contribution in [2.75, 3.05) is 26.2 Å². The van der Waals surface area contributed by atoms with E-state index in [2.05, 4.69) is 51.2 Å². The van der Waals surface area contributed by atoms with Crippen molar-refractivity contribution in [2.24, 2.45) is 11.3 Å². The highest BCUT2D eigenvalue weighted by atomic mass is 16.6. The van der Waals surface area contributed by atoms with E-state index in [1.165, 1.54) is 31.8 Å². The van der Waals surface area contributed by atoms with E-state index in [0.29, 0.717) is 11.8 Å². The molecule has 1 N–H and O–H groups in total. The van der Waals surface area contributed by atoms with Gasteiger partial charge in [-0.05, 0) is 114 Å². The molecular weight excluding hydrogens is 600 g/mol. The van der Waals surface area contributed by atoms with Gasteiger partial charge < -0.3 is 19.4 Å². The van der Waals surface area contributed by atoms with E-state index in [1.54, 1.807) is 6.92 Å². The zero-order valence-electron chi connectivity index (χ0n) is 28.4. The van der Waals surface area contributed by atoms with Crippen LogP contribution >= 0.6 is 0 Å². The van der Waals surface area contributed by atoms with E-state index in [-0.39, 0.29) is 29.3 Å². The molecule has 0 amide bonds. The number of hydrogen-bond donors (Lipinski definition) is 1.